The fourth-order valence-electron chi connectivity index (χ4n) is 2.83. The van der Waals surface area contributed by atoms with Crippen LogP contribution in [0.3, 0.4) is 0 Å². The molecule has 1 fully saturated rings. The van der Waals surface area contributed by atoms with Gasteiger partial charge in [-0.2, -0.15) is 0 Å². The van der Waals surface area contributed by atoms with Crippen LogP contribution >= 0.6 is 0 Å². The Morgan fingerprint density at radius 2 is 2.00 bits per heavy atom. The zero-order valence-corrected chi connectivity index (χ0v) is 12.8. The third-order valence-corrected chi connectivity index (χ3v) is 4.00. The average molecular weight is 301 g/mol. The van der Waals surface area contributed by atoms with Gasteiger partial charge in [0, 0.05) is 30.6 Å². The van der Waals surface area contributed by atoms with E-state index in [1.54, 1.807) is 19.1 Å². The Morgan fingerprint density at radius 3 is 2.73 bits per heavy atom. The number of ether oxygens (including phenoxy) is 1. The van der Waals surface area contributed by atoms with Crippen molar-refractivity contribution >= 4 is 16.9 Å². The molecular weight excluding hydrogens is 282 g/mol. The minimum atomic E-state index is -0.549. The van der Waals surface area contributed by atoms with Crippen LogP contribution in [0.1, 0.15) is 25.3 Å². The summed E-state index contributed by atoms with van der Waals surface area (Å²) in [5.74, 6) is 0.532. The first-order valence-corrected chi connectivity index (χ1v) is 7.54. The lowest BCUT2D eigenvalue weighted by Gasteiger charge is -2.21. The molecule has 0 spiro atoms. The average Bonchev–Trinajstić information content (AvgIpc) is 2.99. The van der Waals surface area contributed by atoms with E-state index in [-0.39, 0.29) is 11.5 Å². The summed E-state index contributed by atoms with van der Waals surface area (Å²) in [5, 5.41) is 0.866. The van der Waals surface area contributed by atoms with Crippen LogP contribution < -0.4 is 10.4 Å². The molecule has 116 valence electrons. The van der Waals surface area contributed by atoms with Crippen molar-refractivity contribution in [3.05, 3.63) is 40.2 Å². The van der Waals surface area contributed by atoms with Crippen molar-refractivity contribution in [3.63, 3.8) is 0 Å². The first-order chi connectivity index (χ1) is 10.5. The lowest BCUT2D eigenvalue weighted by molar-refractivity contribution is -0.136. The highest BCUT2D eigenvalue weighted by atomic mass is 16.5. The summed E-state index contributed by atoms with van der Waals surface area (Å²) in [7, 11) is 0. The Bertz CT molecular complexity index is 759. The van der Waals surface area contributed by atoms with Crippen LogP contribution in [0, 0.1) is 6.92 Å². The van der Waals surface area contributed by atoms with E-state index in [1.165, 1.54) is 6.07 Å². The van der Waals surface area contributed by atoms with Crippen molar-refractivity contribution in [2.45, 2.75) is 32.8 Å². The number of rotatable bonds is 3. The minimum absolute atomic E-state index is 0.00305. The van der Waals surface area contributed by atoms with Crippen LogP contribution in [0.25, 0.3) is 11.0 Å². The molecule has 0 unspecified atom stereocenters. The van der Waals surface area contributed by atoms with Gasteiger partial charge in [-0.3, -0.25) is 4.79 Å². The third kappa shape index (κ3) is 2.84. The number of benzene rings is 1. The van der Waals surface area contributed by atoms with Crippen molar-refractivity contribution in [2.24, 2.45) is 0 Å². The maximum absolute atomic E-state index is 12.2. The van der Waals surface area contributed by atoms with Crippen molar-refractivity contribution < 1.29 is 13.9 Å². The van der Waals surface area contributed by atoms with E-state index < -0.39 is 6.10 Å². The zero-order valence-electron chi connectivity index (χ0n) is 12.8. The number of fused-ring (bicyclic) bond motifs is 1. The molecule has 2 heterocycles. The molecule has 5 heteroatoms. The van der Waals surface area contributed by atoms with Gasteiger partial charge < -0.3 is 14.1 Å². The molecule has 1 aliphatic rings. The largest absolute Gasteiger partial charge is 0.481 e. The zero-order chi connectivity index (χ0) is 15.7. The number of likely N-dealkylation sites (tertiary alicyclic amines) is 1. The summed E-state index contributed by atoms with van der Waals surface area (Å²) in [5.41, 5.74) is 0.950. The number of nitrogens with zero attached hydrogens (tertiary/aromatic N) is 1. The maximum Gasteiger partial charge on any atom is 0.336 e. The van der Waals surface area contributed by atoms with Gasteiger partial charge in [0.25, 0.3) is 5.91 Å². The first kappa shape index (κ1) is 14.6. The highest BCUT2D eigenvalue weighted by molar-refractivity contribution is 5.83. The van der Waals surface area contributed by atoms with Gasteiger partial charge in [0.15, 0.2) is 6.10 Å². The van der Waals surface area contributed by atoms with Crippen LogP contribution in [0.5, 0.6) is 5.75 Å². The molecule has 22 heavy (non-hydrogen) atoms. The molecular formula is C17H19NO4. The van der Waals surface area contributed by atoms with E-state index in [9.17, 15) is 9.59 Å². The molecule has 5 nitrogen and oxygen atoms in total. The molecule has 0 saturated carbocycles. The summed E-state index contributed by atoms with van der Waals surface area (Å²) < 4.78 is 10.9. The second-order valence-electron chi connectivity index (χ2n) is 5.70. The second kappa shape index (κ2) is 5.83. The Kier molecular flexibility index (Phi) is 3.88. The van der Waals surface area contributed by atoms with E-state index in [4.69, 9.17) is 9.15 Å². The van der Waals surface area contributed by atoms with E-state index in [0.29, 0.717) is 11.3 Å². The molecule has 1 aromatic heterocycles. The van der Waals surface area contributed by atoms with Crippen LogP contribution in [-0.2, 0) is 4.79 Å². The second-order valence-corrected chi connectivity index (χ2v) is 5.70. The monoisotopic (exact) mass is 301 g/mol. The fraction of sp³-hybridized carbons (Fsp3) is 0.412. The number of carbonyl (C=O) groups excluding carboxylic acids is 1. The molecule has 1 amide bonds. The van der Waals surface area contributed by atoms with Gasteiger partial charge in [0.05, 0.1) is 0 Å². The van der Waals surface area contributed by atoms with Gasteiger partial charge in [0.1, 0.15) is 11.3 Å². The molecule has 0 aliphatic carbocycles. The van der Waals surface area contributed by atoms with Crippen LogP contribution in [0.2, 0.25) is 0 Å². The normalized spacial score (nSPS) is 16.0. The van der Waals surface area contributed by atoms with Gasteiger partial charge in [-0.05, 0) is 44.4 Å². The number of hydrogen-bond donors (Lipinski definition) is 0. The highest BCUT2D eigenvalue weighted by Gasteiger charge is 2.24. The van der Waals surface area contributed by atoms with Gasteiger partial charge in [-0.15, -0.1) is 0 Å². The maximum atomic E-state index is 12.2. The van der Waals surface area contributed by atoms with Crippen LogP contribution in [0.4, 0.5) is 0 Å². The molecule has 0 N–H and O–H groups in total. The van der Waals surface area contributed by atoms with Gasteiger partial charge in [0.2, 0.25) is 0 Å². The number of carbonyl (C=O) groups is 1. The lowest BCUT2D eigenvalue weighted by Crippen LogP contribution is -2.38. The lowest BCUT2D eigenvalue weighted by atomic mass is 10.1. The number of hydrogen-bond acceptors (Lipinski definition) is 4. The quantitative estimate of drug-likeness (QED) is 0.817. The summed E-state index contributed by atoms with van der Waals surface area (Å²) in [6.07, 6.45) is 1.56. The number of amides is 1. The minimum Gasteiger partial charge on any atom is -0.481 e. The molecule has 1 atom stereocenters. The first-order valence-electron chi connectivity index (χ1n) is 7.54. The summed E-state index contributed by atoms with van der Waals surface area (Å²) >= 11 is 0. The van der Waals surface area contributed by atoms with Gasteiger partial charge in [-0.25, -0.2) is 4.79 Å². The molecule has 1 aromatic carbocycles. The van der Waals surface area contributed by atoms with Crippen LogP contribution in [-0.4, -0.2) is 30.0 Å². The van der Waals surface area contributed by atoms with Gasteiger partial charge in [-0.1, -0.05) is 0 Å². The predicted molar refractivity (Wildman–Crippen MR) is 83.1 cm³/mol. The summed E-state index contributed by atoms with van der Waals surface area (Å²) in [6.45, 7) is 5.22. The van der Waals surface area contributed by atoms with E-state index in [1.807, 2.05) is 17.9 Å². The summed E-state index contributed by atoms with van der Waals surface area (Å²) in [6, 6.07) is 6.76. The Morgan fingerprint density at radius 1 is 1.27 bits per heavy atom. The van der Waals surface area contributed by atoms with Crippen molar-refractivity contribution in [1.29, 1.82) is 0 Å². The molecule has 3 rings (SSSR count). The molecule has 2 aromatic rings. The fourth-order valence-corrected chi connectivity index (χ4v) is 2.83. The molecule has 1 aliphatic heterocycles. The summed E-state index contributed by atoms with van der Waals surface area (Å²) in [4.78, 5) is 25.5. The Labute approximate surface area is 128 Å². The van der Waals surface area contributed by atoms with Crippen molar-refractivity contribution in [1.82, 2.24) is 4.90 Å². The highest BCUT2D eigenvalue weighted by Crippen LogP contribution is 2.23. The topological polar surface area (TPSA) is 59.8 Å². The third-order valence-electron chi connectivity index (χ3n) is 4.00. The molecule has 0 bridgehead atoms. The predicted octanol–water partition coefficient (Wildman–Crippen LogP) is 2.49. The smallest absolute Gasteiger partial charge is 0.336 e. The standard InChI is InChI=1S/C17H19NO4/c1-11-9-16(19)22-15-10-13(5-6-14(11)15)21-12(2)17(20)18-7-3-4-8-18/h5-6,9-10,12H,3-4,7-8H2,1-2H3/t12-/m0/s1. The van der Waals surface area contributed by atoms with Gasteiger partial charge >= 0.3 is 5.63 Å². The van der Waals surface area contributed by atoms with E-state index in [0.717, 1.165) is 36.9 Å². The SMILES string of the molecule is Cc1cc(=O)oc2cc(O[C@@H](C)C(=O)N3CCCC3)ccc12. The molecule has 0 radical (unpaired) electrons. The van der Waals surface area contributed by atoms with E-state index >= 15 is 0 Å². The van der Waals surface area contributed by atoms with E-state index in [2.05, 4.69) is 0 Å². The van der Waals surface area contributed by atoms with Crippen LogP contribution in [0.15, 0.2) is 33.5 Å². The van der Waals surface area contributed by atoms with Crippen molar-refractivity contribution in [3.8, 4) is 5.75 Å². The number of aryl methyl sites for hydroxylation is 1. The Balaban J connectivity index is 1.81. The molecule has 1 saturated heterocycles. The van der Waals surface area contributed by atoms with Crippen molar-refractivity contribution in [2.75, 3.05) is 13.1 Å². The Hall–Kier alpha value is -2.30.